The van der Waals surface area contributed by atoms with Crippen LogP contribution in [0.4, 0.5) is 0 Å². The first kappa shape index (κ1) is 11.8. The van der Waals surface area contributed by atoms with Crippen LogP contribution >= 0.6 is 11.8 Å². The molecule has 3 nitrogen and oxygen atoms in total. The summed E-state index contributed by atoms with van der Waals surface area (Å²) in [7, 11) is 2.46. The lowest BCUT2D eigenvalue weighted by Crippen LogP contribution is -2.01. The smallest absolute Gasteiger partial charge is 0.124 e. The van der Waals surface area contributed by atoms with E-state index in [0.29, 0.717) is 0 Å². The molecule has 5 heteroatoms. The number of hydrogen-bond donors (Lipinski definition) is 0. The molecular formula is C11H14O3S2. The third-order valence-electron chi connectivity index (χ3n) is 2.48. The number of ether oxygens (including phenoxy) is 2. The van der Waals surface area contributed by atoms with Crippen LogP contribution in [-0.4, -0.2) is 29.9 Å². The van der Waals surface area contributed by atoms with Crippen LogP contribution in [0.15, 0.2) is 18.2 Å². The molecule has 0 spiro atoms. The fourth-order valence-corrected chi connectivity index (χ4v) is 5.16. The molecule has 1 aliphatic rings. The summed E-state index contributed by atoms with van der Waals surface area (Å²) in [5, 5.41) is 0. The van der Waals surface area contributed by atoms with E-state index in [1.54, 1.807) is 26.0 Å². The van der Waals surface area contributed by atoms with Gasteiger partial charge >= 0.3 is 0 Å². The highest BCUT2D eigenvalue weighted by Gasteiger charge is 2.28. The molecule has 1 fully saturated rings. The molecule has 1 saturated heterocycles. The van der Waals surface area contributed by atoms with Crippen LogP contribution in [0.3, 0.4) is 0 Å². The van der Waals surface area contributed by atoms with Gasteiger partial charge in [-0.25, -0.2) is 0 Å². The lowest BCUT2D eigenvalue weighted by atomic mass is 10.2. The maximum atomic E-state index is 11.8. The first-order valence-corrected chi connectivity index (χ1v) is 7.40. The van der Waals surface area contributed by atoms with Gasteiger partial charge in [-0.3, -0.25) is 4.21 Å². The molecule has 1 aliphatic heterocycles. The average molecular weight is 258 g/mol. The van der Waals surface area contributed by atoms with E-state index < -0.39 is 10.8 Å². The van der Waals surface area contributed by atoms with Crippen molar-refractivity contribution in [2.75, 3.05) is 25.7 Å². The number of benzene rings is 1. The zero-order chi connectivity index (χ0) is 11.5. The molecule has 0 aliphatic carbocycles. The minimum absolute atomic E-state index is 0.0186. The van der Waals surface area contributed by atoms with Crippen LogP contribution in [0.5, 0.6) is 11.5 Å². The van der Waals surface area contributed by atoms with Gasteiger partial charge in [0.25, 0.3) is 0 Å². The average Bonchev–Trinajstić information content (AvgIpc) is 2.74. The van der Waals surface area contributed by atoms with E-state index in [9.17, 15) is 4.21 Å². The molecule has 0 saturated carbocycles. The van der Waals surface area contributed by atoms with E-state index in [1.807, 2.05) is 18.2 Å². The van der Waals surface area contributed by atoms with Crippen molar-refractivity contribution in [2.24, 2.45) is 0 Å². The monoisotopic (exact) mass is 258 g/mol. The van der Waals surface area contributed by atoms with Gasteiger partial charge in [0.05, 0.1) is 14.2 Å². The Morgan fingerprint density at radius 3 is 2.75 bits per heavy atom. The second kappa shape index (κ2) is 5.10. The molecule has 2 unspecified atom stereocenters. The van der Waals surface area contributed by atoms with Gasteiger partial charge in [0, 0.05) is 27.9 Å². The third-order valence-corrected chi connectivity index (χ3v) is 6.13. The molecule has 0 aromatic heterocycles. The maximum absolute atomic E-state index is 11.8. The Hall–Kier alpha value is -0.680. The molecule has 2 atom stereocenters. The van der Waals surface area contributed by atoms with E-state index >= 15 is 0 Å². The van der Waals surface area contributed by atoms with Crippen molar-refractivity contribution in [2.45, 2.75) is 4.58 Å². The van der Waals surface area contributed by atoms with Gasteiger partial charge in [0.1, 0.15) is 16.1 Å². The van der Waals surface area contributed by atoms with Crippen molar-refractivity contribution in [3.63, 3.8) is 0 Å². The van der Waals surface area contributed by atoms with Crippen molar-refractivity contribution in [1.29, 1.82) is 0 Å². The standard InChI is InChI=1S/C11H14O3S2/c1-13-8-3-4-10(14-2)9(7-8)11-15-5-6-16(11)12/h3-4,7,11H,5-6H2,1-2H3. The van der Waals surface area contributed by atoms with Gasteiger partial charge in [-0.05, 0) is 18.2 Å². The Morgan fingerprint density at radius 1 is 1.38 bits per heavy atom. The number of rotatable bonds is 3. The van der Waals surface area contributed by atoms with E-state index in [2.05, 4.69) is 0 Å². The summed E-state index contributed by atoms with van der Waals surface area (Å²) in [4.78, 5) is 0. The van der Waals surface area contributed by atoms with Crippen molar-refractivity contribution in [1.82, 2.24) is 0 Å². The largest absolute Gasteiger partial charge is 0.497 e. The Balaban J connectivity index is 2.39. The minimum Gasteiger partial charge on any atom is -0.497 e. The summed E-state index contributed by atoms with van der Waals surface area (Å²) in [5.41, 5.74) is 0.975. The third kappa shape index (κ3) is 2.20. The quantitative estimate of drug-likeness (QED) is 0.832. The molecule has 1 aromatic rings. The molecule has 0 N–H and O–H groups in total. The Bertz CT molecular complexity index is 406. The Labute approximate surface area is 102 Å². The van der Waals surface area contributed by atoms with E-state index in [4.69, 9.17) is 9.47 Å². The first-order chi connectivity index (χ1) is 7.76. The maximum Gasteiger partial charge on any atom is 0.124 e. The van der Waals surface area contributed by atoms with Gasteiger partial charge in [0.2, 0.25) is 0 Å². The van der Waals surface area contributed by atoms with E-state index in [0.717, 1.165) is 28.6 Å². The lowest BCUT2D eigenvalue weighted by Gasteiger charge is -2.14. The molecule has 0 amide bonds. The summed E-state index contributed by atoms with van der Waals surface area (Å²) < 4.78 is 22.3. The van der Waals surface area contributed by atoms with Gasteiger partial charge < -0.3 is 9.47 Å². The summed E-state index contributed by atoms with van der Waals surface area (Å²) in [5.74, 6) is 3.27. The van der Waals surface area contributed by atoms with Crippen molar-refractivity contribution in [3.05, 3.63) is 23.8 Å². The molecule has 16 heavy (non-hydrogen) atoms. The Morgan fingerprint density at radius 2 is 2.19 bits per heavy atom. The summed E-state index contributed by atoms with van der Waals surface area (Å²) in [6.45, 7) is 0. The number of hydrogen-bond acceptors (Lipinski definition) is 4. The van der Waals surface area contributed by atoms with Crippen LogP contribution in [-0.2, 0) is 10.8 Å². The molecular weight excluding hydrogens is 244 g/mol. The van der Waals surface area contributed by atoms with Crippen LogP contribution in [0.2, 0.25) is 0 Å². The summed E-state index contributed by atoms with van der Waals surface area (Å²) in [6.07, 6.45) is 0. The van der Waals surface area contributed by atoms with Crippen LogP contribution < -0.4 is 9.47 Å². The molecule has 88 valence electrons. The number of methoxy groups -OCH3 is 2. The van der Waals surface area contributed by atoms with E-state index in [1.165, 1.54) is 0 Å². The predicted molar refractivity (Wildman–Crippen MR) is 67.8 cm³/mol. The van der Waals surface area contributed by atoms with Gasteiger partial charge in [-0.15, -0.1) is 11.8 Å². The van der Waals surface area contributed by atoms with Crippen molar-refractivity contribution in [3.8, 4) is 11.5 Å². The normalized spacial score (nSPS) is 24.4. The number of thioether (sulfide) groups is 1. The van der Waals surface area contributed by atoms with Crippen LogP contribution in [0.1, 0.15) is 10.1 Å². The van der Waals surface area contributed by atoms with Crippen LogP contribution in [0.25, 0.3) is 0 Å². The predicted octanol–water partition coefficient (Wildman–Crippen LogP) is 2.20. The SMILES string of the molecule is COc1ccc(OC)c(C2SCCS2=O)c1. The van der Waals surface area contributed by atoms with Gasteiger partial charge in [0.15, 0.2) is 0 Å². The second-order valence-electron chi connectivity index (χ2n) is 3.40. The minimum atomic E-state index is -0.806. The van der Waals surface area contributed by atoms with Gasteiger partial charge in [-0.2, -0.15) is 0 Å². The fraction of sp³-hybridized carbons (Fsp3) is 0.455. The second-order valence-corrected chi connectivity index (χ2v) is 6.55. The van der Waals surface area contributed by atoms with E-state index in [-0.39, 0.29) is 4.58 Å². The highest BCUT2D eigenvalue weighted by molar-refractivity contribution is 8.13. The zero-order valence-corrected chi connectivity index (χ0v) is 10.9. The topological polar surface area (TPSA) is 35.5 Å². The molecule has 1 aromatic carbocycles. The lowest BCUT2D eigenvalue weighted by molar-refractivity contribution is 0.400. The van der Waals surface area contributed by atoms with Crippen molar-refractivity contribution >= 4 is 22.6 Å². The first-order valence-electron chi connectivity index (χ1n) is 4.97. The molecule has 1 heterocycles. The highest BCUT2D eigenvalue weighted by atomic mass is 32.2. The van der Waals surface area contributed by atoms with Gasteiger partial charge in [-0.1, -0.05) is 0 Å². The summed E-state index contributed by atoms with van der Waals surface area (Å²) in [6, 6.07) is 5.63. The van der Waals surface area contributed by atoms with Crippen LogP contribution in [0, 0.1) is 0 Å². The molecule has 0 bridgehead atoms. The molecule has 0 radical (unpaired) electrons. The van der Waals surface area contributed by atoms with Crippen molar-refractivity contribution < 1.29 is 13.7 Å². The molecule has 2 rings (SSSR count). The Kier molecular flexibility index (Phi) is 3.76. The summed E-state index contributed by atoms with van der Waals surface area (Å²) >= 11 is 1.72. The highest BCUT2D eigenvalue weighted by Crippen LogP contribution is 2.43. The fourth-order valence-electron chi connectivity index (χ4n) is 1.68. The zero-order valence-electron chi connectivity index (χ0n) is 9.26.